The van der Waals surface area contributed by atoms with Crippen molar-refractivity contribution in [2.75, 3.05) is 11.9 Å². The number of anilines is 1. The molecule has 0 saturated heterocycles. The summed E-state index contributed by atoms with van der Waals surface area (Å²) in [6.45, 7) is 0.551. The van der Waals surface area contributed by atoms with E-state index in [-0.39, 0.29) is 11.4 Å². The molecule has 1 aliphatic heterocycles. The molecule has 3 heterocycles. The van der Waals surface area contributed by atoms with Crippen LogP contribution in [-0.2, 0) is 4.74 Å². The summed E-state index contributed by atoms with van der Waals surface area (Å²) >= 11 is 7.33. The number of ether oxygens (including phenoxy) is 1. The Balaban J connectivity index is 1.38. The number of amidine groups is 1. The van der Waals surface area contributed by atoms with Crippen LogP contribution in [0, 0.1) is 5.92 Å². The van der Waals surface area contributed by atoms with Crippen LogP contribution in [0.15, 0.2) is 17.1 Å². The lowest BCUT2D eigenvalue weighted by Crippen LogP contribution is -2.56. The van der Waals surface area contributed by atoms with Crippen LogP contribution in [0.1, 0.15) is 19.3 Å². The fourth-order valence-corrected chi connectivity index (χ4v) is 5.39. The maximum atomic E-state index is 6.45. The number of hydrogen-bond acceptors (Lipinski definition) is 7. The zero-order valence-corrected chi connectivity index (χ0v) is 14.4. The summed E-state index contributed by atoms with van der Waals surface area (Å²) in [7, 11) is 6.45. The smallest absolute Gasteiger partial charge is 0.291 e. The highest BCUT2D eigenvalue weighted by molar-refractivity contribution is 7.22. The van der Waals surface area contributed by atoms with Crippen LogP contribution >= 0.6 is 22.9 Å². The summed E-state index contributed by atoms with van der Waals surface area (Å²) in [6.07, 6.45) is 2.94. The van der Waals surface area contributed by atoms with Gasteiger partial charge in [-0.1, -0.05) is 29.4 Å². The van der Waals surface area contributed by atoms with Crippen molar-refractivity contribution in [2.24, 2.45) is 16.6 Å². The van der Waals surface area contributed by atoms with Gasteiger partial charge < -0.3 is 10.5 Å². The second-order valence-corrected chi connectivity index (χ2v) is 8.30. The topological polar surface area (TPSA) is 85.4 Å². The Morgan fingerprint density at radius 1 is 1.42 bits per heavy atom. The Bertz CT molecular complexity index is 875. The Labute approximate surface area is 149 Å². The number of nitrogens with two attached hydrogens (primary N) is 1. The highest BCUT2D eigenvalue weighted by atomic mass is 35.5. The second-order valence-electron chi connectivity index (χ2n) is 6.93. The van der Waals surface area contributed by atoms with Gasteiger partial charge in [-0.2, -0.15) is 0 Å². The van der Waals surface area contributed by atoms with Gasteiger partial charge in [-0.05, 0) is 30.3 Å². The minimum atomic E-state index is -0.465. The third kappa shape index (κ3) is 1.96. The van der Waals surface area contributed by atoms with Crippen LogP contribution in [0.5, 0.6) is 0 Å². The van der Waals surface area contributed by atoms with Gasteiger partial charge in [0.1, 0.15) is 21.1 Å². The molecule has 2 bridgehead atoms. The van der Waals surface area contributed by atoms with Gasteiger partial charge in [0, 0.05) is 12.0 Å². The molecule has 0 aromatic carbocycles. The number of hydrogen-bond donors (Lipinski definition) is 2. The first kappa shape index (κ1) is 14.9. The first-order valence-corrected chi connectivity index (χ1v) is 9.16. The number of halogens is 1. The van der Waals surface area contributed by atoms with Gasteiger partial charge in [-0.25, -0.2) is 15.0 Å². The minimum absolute atomic E-state index is 0.192. The van der Waals surface area contributed by atoms with Crippen molar-refractivity contribution in [3.8, 4) is 0 Å². The molecule has 2 radical (unpaired) electrons. The van der Waals surface area contributed by atoms with Gasteiger partial charge in [0.05, 0.1) is 14.4 Å². The molecular formula is C15H15BClN5OS. The summed E-state index contributed by atoms with van der Waals surface area (Å²) in [5, 5.41) is 3.96. The predicted molar refractivity (Wildman–Crippen MR) is 95.9 cm³/mol. The normalized spacial score (nSPS) is 37.2. The fraction of sp³-hybridized carbons (Fsp3) is 0.533. The first-order chi connectivity index (χ1) is 11.5. The molecule has 4 unspecified atom stereocenters. The first-order valence-electron chi connectivity index (χ1n) is 7.97. The van der Waals surface area contributed by atoms with E-state index < -0.39 is 5.60 Å². The van der Waals surface area contributed by atoms with E-state index in [0.717, 1.165) is 29.6 Å². The molecule has 2 saturated carbocycles. The van der Waals surface area contributed by atoms with Gasteiger partial charge in [0.15, 0.2) is 5.13 Å². The maximum absolute atomic E-state index is 6.45. The third-order valence-electron chi connectivity index (χ3n) is 5.61. The number of nitrogens with zero attached hydrogens (tertiary/aromatic N) is 3. The quantitative estimate of drug-likeness (QED) is 0.603. The summed E-state index contributed by atoms with van der Waals surface area (Å²) < 4.78 is 6.20. The molecule has 5 rings (SSSR count). The van der Waals surface area contributed by atoms with Crippen molar-refractivity contribution in [3.63, 3.8) is 0 Å². The molecule has 2 fully saturated rings. The summed E-state index contributed by atoms with van der Waals surface area (Å²) in [4.78, 5) is 14.0. The molecule has 2 aliphatic carbocycles. The van der Waals surface area contributed by atoms with Crippen molar-refractivity contribution in [1.29, 1.82) is 0 Å². The highest BCUT2D eigenvalue weighted by Gasteiger charge is 2.65. The molecule has 4 atom stereocenters. The van der Waals surface area contributed by atoms with Crippen molar-refractivity contribution in [2.45, 2.75) is 36.2 Å². The second kappa shape index (κ2) is 4.83. The van der Waals surface area contributed by atoms with Crippen LogP contribution in [-0.4, -0.2) is 42.0 Å². The van der Waals surface area contributed by atoms with E-state index in [0.29, 0.717) is 28.8 Å². The summed E-state index contributed by atoms with van der Waals surface area (Å²) in [5.41, 5.74) is 6.76. The number of fused-ring (bicyclic) bond motifs is 4. The van der Waals surface area contributed by atoms with E-state index >= 15 is 0 Å². The van der Waals surface area contributed by atoms with Crippen molar-refractivity contribution in [1.82, 2.24) is 9.97 Å². The monoisotopic (exact) mass is 359 g/mol. The fourth-order valence-electron chi connectivity index (χ4n) is 4.36. The Morgan fingerprint density at radius 3 is 3.08 bits per heavy atom. The number of aliphatic imine (C=N–C) groups is 1. The van der Waals surface area contributed by atoms with Gasteiger partial charge in [0.25, 0.3) is 6.02 Å². The summed E-state index contributed by atoms with van der Waals surface area (Å²) in [6, 6.07) is 3.84. The Morgan fingerprint density at radius 2 is 2.29 bits per heavy atom. The van der Waals surface area contributed by atoms with Crippen molar-refractivity contribution in [3.05, 3.63) is 17.3 Å². The van der Waals surface area contributed by atoms with E-state index in [1.165, 1.54) is 11.3 Å². The molecule has 6 nitrogen and oxygen atoms in total. The summed E-state index contributed by atoms with van der Waals surface area (Å²) in [5.74, 6) is 0.372. The van der Waals surface area contributed by atoms with E-state index in [2.05, 4.69) is 20.3 Å². The lowest BCUT2D eigenvalue weighted by atomic mass is 9.61. The minimum Gasteiger partial charge on any atom is -0.454 e. The van der Waals surface area contributed by atoms with E-state index in [1.54, 1.807) is 6.07 Å². The van der Waals surface area contributed by atoms with Crippen LogP contribution in [0.2, 0.25) is 10.5 Å². The molecule has 3 aliphatic rings. The third-order valence-corrected chi connectivity index (χ3v) is 6.70. The van der Waals surface area contributed by atoms with E-state index in [9.17, 15) is 0 Å². The van der Waals surface area contributed by atoms with Crippen LogP contribution in [0.3, 0.4) is 0 Å². The standard InChI is InChI=1S/C15H15BClN5OS/c16-14-4-3-7(5-14)15(11(14)18)6-19-12(23-15)22-13-20-8-1-2-9(17)21-10(8)24-13/h1-2,7,11H,3-6,18H2,(H,19,20,22). The van der Waals surface area contributed by atoms with Gasteiger partial charge in [0.2, 0.25) is 0 Å². The molecule has 9 heteroatoms. The SMILES string of the molecule is [B]C12CCC(C1)C1(CN=C(Nc3nc4ccc(Cl)nc4s3)O1)C2N. The molecular weight excluding hydrogens is 345 g/mol. The number of thiazole rings is 1. The van der Waals surface area contributed by atoms with E-state index in [1.807, 2.05) is 6.07 Å². The maximum Gasteiger partial charge on any atom is 0.291 e. The van der Waals surface area contributed by atoms with Gasteiger partial charge in [-0.15, -0.1) is 0 Å². The lowest BCUT2D eigenvalue weighted by Gasteiger charge is -2.41. The molecule has 2 aromatic heterocycles. The molecule has 122 valence electrons. The van der Waals surface area contributed by atoms with Crippen LogP contribution in [0.25, 0.3) is 10.3 Å². The number of rotatable bonds is 1. The highest BCUT2D eigenvalue weighted by Crippen LogP contribution is 2.63. The molecule has 1 spiro atoms. The van der Waals surface area contributed by atoms with Gasteiger partial charge in [-0.3, -0.25) is 5.32 Å². The predicted octanol–water partition coefficient (Wildman–Crippen LogP) is 2.35. The Hall–Kier alpha value is -1.38. The van der Waals surface area contributed by atoms with Gasteiger partial charge >= 0.3 is 0 Å². The zero-order chi connectivity index (χ0) is 16.5. The average molecular weight is 360 g/mol. The number of nitrogens with one attached hydrogen (secondary N) is 1. The average Bonchev–Trinajstić information content (AvgIpc) is 3.26. The van der Waals surface area contributed by atoms with Crippen LogP contribution < -0.4 is 11.1 Å². The molecule has 0 amide bonds. The largest absolute Gasteiger partial charge is 0.454 e. The molecule has 2 aromatic rings. The number of aromatic nitrogens is 2. The van der Waals surface area contributed by atoms with Crippen molar-refractivity contribution >= 4 is 52.3 Å². The zero-order valence-electron chi connectivity index (χ0n) is 12.8. The lowest BCUT2D eigenvalue weighted by molar-refractivity contribution is 0.0134. The Kier molecular flexibility index (Phi) is 3.01. The number of pyridine rings is 1. The molecule has 3 N–H and O–H groups in total. The molecule has 24 heavy (non-hydrogen) atoms. The van der Waals surface area contributed by atoms with E-state index in [4.69, 9.17) is 29.9 Å². The van der Waals surface area contributed by atoms with Crippen molar-refractivity contribution < 1.29 is 4.74 Å². The van der Waals surface area contributed by atoms with Crippen LogP contribution in [0.4, 0.5) is 5.13 Å².